The van der Waals surface area contributed by atoms with E-state index in [0.717, 1.165) is 11.1 Å². The number of carbonyl (C=O) groups excluding carboxylic acids is 1. The molecule has 1 amide bonds. The van der Waals surface area contributed by atoms with Gasteiger partial charge in [-0.2, -0.15) is 5.10 Å². The number of furan rings is 1. The predicted octanol–water partition coefficient (Wildman–Crippen LogP) is 3.51. The van der Waals surface area contributed by atoms with Crippen LogP contribution in [0.2, 0.25) is 0 Å². The quantitative estimate of drug-likeness (QED) is 0.554. The van der Waals surface area contributed by atoms with E-state index in [1.54, 1.807) is 42.5 Å². The van der Waals surface area contributed by atoms with Crippen molar-refractivity contribution >= 4 is 12.1 Å². The summed E-state index contributed by atoms with van der Waals surface area (Å²) in [5.41, 5.74) is 4.00. The number of amides is 1. The Bertz CT molecular complexity index is 995. The molecule has 4 rings (SSSR count). The van der Waals surface area contributed by atoms with E-state index in [2.05, 4.69) is 10.5 Å². The molecule has 2 aromatic carbocycles. The van der Waals surface area contributed by atoms with Gasteiger partial charge in [0.25, 0.3) is 0 Å². The van der Waals surface area contributed by atoms with E-state index < -0.39 is 0 Å². The summed E-state index contributed by atoms with van der Waals surface area (Å²) < 4.78 is 29.1. The smallest absolute Gasteiger partial charge is 0.244 e. The number of benzene rings is 2. The molecule has 0 fully saturated rings. The molecular weight excluding hydrogens is 351 g/mol. The Hall–Kier alpha value is -3.61. The van der Waals surface area contributed by atoms with Crippen molar-refractivity contribution in [3.63, 3.8) is 0 Å². The van der Waals surface area contributed by atoms with Crippen LogP contribution < -0.4 is 14.9 Å². The van der Waals surface area contributed by atoms with Crippen molar-refractivity contribution in [2.24, 2.45) is 5.10 Å². The first-order valence-electron chi connectivity index (χ1n) is 8.23. The number of hydrogen-bond acceptors (Lipinski definition) is 5. The fraction of sp³-hybridized carbons (Fsp3) is 0.100. The van der Waals surface area contributed by atoms with E-state index in [9.17, 15) is 9.18 Å². The Labute approximate surface area is 154 Å². The van der Waals surface area contributed by atoms with Crippen LogP contribution in [0.3, 0.4) is 0 Å². The first-order valence-corrected chi connectivity index (χ1v) is 8.23. The van der Waals surface area contributed by atoms with Gasteiger partial charge in [0, 0.05) is 5.56 Å². The maximum Gasteiger partial charge on any atom is 0.244 e. The molecule has 0 unspecified atom stereocenters. The van der Waals surface area contributed by atoms with Crippen LogP contribution in [-0.4, -0.2) is 18.9 Å². The summed E-state index contributed by atoms with van der Waals surface area (Å²) >= 11 is 0. The number of halogens is 1. The van der Waals surface area contributed by atoms with Gasteiger partial charge in [-0.3, -0.25) is 4.79 Å². The highest BCUT2D eigenvalue weighted by Gasteiger charge is 2.14. The molecule has 7 heteroatoms. The van der Waals surface area contributed by atoms with Crippen molar-refractivity contribution in [3.05, 3.63) is 71.7 Å². The topological polar surface area (TPSA) is 73.1 Å². The number of hydrazone groups is 1. The van der Waals surface area contributed by atoms with Gasteiger partial charge < -0.3 is 13.9 Å². The zero-order valence-electron chi connectivity index (χ0n) is 14.1. The normalized spacial score (nSPS) is 12.5. The first-order chi connectivity index (χ1) is 13.2. The summed E-state index contributed by atoms with van der Waals surface area (Å²) in [6, 6.07) is 14.8. The van der Waals surface area contributed by atoms with Gasteiger partial charge in [0.05, 0.1) is 12.6 Å². The SMILES string of the molecule is O=C(Cc1ccc2c(c1)OCO2)NN=Cc1ccc(-c2ccc(F)cc2)o1. The highest BCUT2D eigenvalue weighted by molar-refractivity contribution is 5.82. The molecule has 0 spiro atoms. The zero-order valence-corrected chi connectivity index (χ0v) is 14.1. The number of carbonyl (C=O) groups is 1. The number of rotatable bonds is 5. The standard InChI is InChI=1S/C20H15FN2O4/c21-15-4-2-14(3-5-15)17-8-6-16(27-17)11-22-23-20(24)10-13-1-7-18-19(9-13)26-12-25-18/h1-9,11H,10,12H2,(H,23,24). The number of hydrogen-bond donors (Lipinski definition) is 1. The average Bonchev–Trinajstić information content (AvgIpc) is 3.31. The number of ether oxygens (including phenoxy) is 2. The minimum atomic E-state index is -0.308. The Balaban J connectivity index is 1.34. The fourth-order valence-corrected chi connectivity index (χ4v) is 2.64. The van der Waals surface area contributed by atoms with Crippen LogP contribution in [0.25, 0.3) is 11.3 Å². The third-order valence-corrected chi connectivity index (χ3v) is 3.94. The van der Waals surface area contributed by atoms with Crippen molar-refractivity contribution in [2.45, 2.75) is 6.42 Å². The molecule has 0 saturated carbocycles. The third-order valence-electron chi connectivity index (χ3n) is 3.94. The maximum atomic E-state index is 13.0. The molecule has 1 aromatic heterocycles. The minimum absolute atomic E-state index is 0.160. The van der Waals surface area contributed by atoms with E-state index in [1.165, 1.54) is 18.3 Å². The third kappa shape index (κ3) is 3.98. The predicted molar refractivity (Wildman–Crippen MR) is 96.1 cm³/mol. The second-order valence-corrected chi connectivity index (χ2v) is 5.87. The lowest BCUT2D eigenvalue weighted by molar-refractivity contribution is -0.120. The first kappa shape index (κ1) is 16.8. The summed E-state index contributed by atoms with van der Waals surface area (Å²) in [6.45, 7) is 0.193. The molecule has 1 aliphatic heterocycles. The second kappa shape index (κ2) is 7.33. The largest absolute Gasteiger partial charge is 0.455 e. The van der Waals surface area contributed by atoms with Crippen molar-refractivity contribution < 1.29 is 23.1 Å². The van der Waals surface area contributed by atoms with Gasteiger partial charge >= 0.3 is 0 Å². The van der Waals surface area contributed by atoms with Crippen molar-refractivity contribution in [1.82, 2.24) is 5.43 Å². The number of fused-ring (bicyclic) bond motifs is 1. The summed E-state index contributed by atoms with van der Waals surface area (Å²) in [7, 11) is 0. The van der Waals surface area contributed by atoms with Gasteiger partial charge in [-0.1, -0.05) is 6.07 Å². The van der Waals surface area contributed by atoms with E-state index in [-0.39, 0.29) is 24.9 Å². The molecule has 6 nitrogen and oxygen atoms in total. The van der Waals surface area contributed by atoms with E-state index in [1.807, 2.05) is 0 Å². The summed E-state index contributed by atoms with van der Waals surface area (Å²) in [5, 5.41) is 3.90. The molecular formula is C20H15FN2O4. The van der Waals surface area contributed by atoms with E-state index >= 15 is 0 Å². The van der Waals surface area contributed by atoms with E-state index in [4.69, 9.17) is 13.9 Å². The van der Waals surface area contributed by atoms with Gasteiger partial charge in [0.2, 0.25) is 12.7 Å². The molecule has 0 bridgehead atoms. The number of nitrogens with one attached hydrogen (secondary N) is 1. The Morgan fingerprint density at radius 2 is 1.89 bits per heavy atom. The summed E-state index contributed by atoms with van der Waals surface area (Å²) in [4.78, 5) is 12.0. The molecule has 1 N–H and O–H groups in total. The Kier molecular flexibility index (Phi) is 4.57. The zero-order chi connectivity index (χ0) is 18.6. The van der Waals surface area contributed by atoms with Crippen molar-refractivity contribution in [1.29, 1.82) is 0 Å². The minimum Gasteiger partial charge on any atom is -0.455 e. The van der Waals surface area contributed by atoms with Gasteiger partial charge in [0.15, 0.2) is 11.5 Å². The molecule has 3 aromatic rings. The van der Waals surface area contributed by atoms with Crippen LogP contribution in [0.5, 0.6) is 11.5 Å². The highest BCUT2D eigenvalue weighted by Crippen LogP contribution is 2.32. The van der Waals surface area contributed by atoms with Crippen LogP contribution in [0, 0.1) is 5.82 Å². The molecule has 0 radical (unpaired) electrons. The lowest BCUT2D eigenvalue weighted by Crippen LogP contribution is -2.19. The highest BCUT2D eigenvalue weighted by atomic mass is 19.1. The lowest BCUT2D eigenvalue weighted by Gasteiger charge is -2.02. The van der Waals surface area contributed by atoms with Crippen LogP contribution >= 0.6 is 0 Å². The second-order valence-electron chi connectivity index (χ2n) is 5.87. The van der Waals surface area contributed by atoms with Gasteiger partial charge in [-0.05, 0) is 54.1 Å². The molecule has 0 aliphatic carbocycles. The molecule has 2 heterocycles. The van der Waals surface area contributed by atoms with Crippen molar-refractivity contribution in [2.75, 3.05) is 6.79 Å². The van der Waals surface area contributed by atoms with Crippen LogP contribution in [0.15, 0.2) is 64.1 Å². The van der Waals surface area contributed by atoms with Crippen LogP contribution in [0.4, 0.5) is 4.39 Å². The van der Waals surface area contributed by atoms with E-state index in [0.29, 0.717) is 23.0 Å². The summed E-state index contributed by atoms with van der Waals surface area (Å²) in [5.74, 6) is 1.79. The molecule has 0 saturated heterocycles. The molecule has 0 atom stereocenters. The fourth-order valence-electron chi connectivity index (χ4n) is 2.64. The summed E-state index contributed by atoms with van der Waals surface area (Å²) in [6.07, 6.45) is 1.57. The number of nitrogens with zero attached hydrogens (tertiary/aromatic N) is 1. The maximum absolute atomic E-state index is 13.0. The average molecular weight is 366 g/mol. The monoisotopic (exact) mass is 366 g/mol. The van der Waals surface area contributed by atoms with Gasteiger partial charge in [0.1, 0.15) is 17.3 Å². The molecule has 27 heavy (non-hydrogen) atoms. The molecule has 136 valence electrons. The molecule has 1 aliphatic rings. The van der Waals surface area contributed by atoms with Crippen LogP contribution in [0.1, 0.15) is 11.3 Å². The van der Waals surface area contributed by atoms with Crippen molar-refractivity contribution in [3.8, 4) is 22.8 Å². The van der Waals surface area contributed by atoms with Gasteiger partial charge in [-0.15, -0.1) is 0 Å². The Morgan fingerprint density at radius 3 is 2.74 bits per heavy atom. The Morgan fingerprint density at radius 1 is 1.07 bits per heavy atom. The van der Waals surface area contributed by atoms with Gasteiger partial charge in [-0.25, -0.2) is 9.82 Å². The lowest BCUT2D eigenvalue weighted by atomic mass is 10.1. The van der Waals surface area contributed by atoms with Crippen LogP contribution in [-0.2, 0) is 11.2 Å².